The van der Waals surface area contributed by atoms with Crippen molar-refractivity contribution in [2.24, 2.45) is 0 Å². The standard InChI is InChI=1S/C49H78N2/c1-7-13-19-24-28-40-34-41(29-25-20-14-8-2)37-44(36-40)48-46(32-18-12-6)47(33-23-17-11-5)49(51(48)50)45-38-42(30-26-21-15-9-3)35-43(39-45)31-27-22-16-10-4/h33-39,50H,7-32H2,1-6H3. The van der Waals surface area contributed by atoms with Crippen LogP contribution < -0.4 is 0 Å². The van der Waals surface area contributed by atoms with Gasteiger partial charge in [-0.25, -0.2) is 4.68 Å². The number of allylic oxidation sites excluding steroid dienone is 3. The molecule has 0 fully saturated rings. The van der Waals surface area contributed by atoms with Gasteiger partial charge in [0.05, 0.1) is 5.57 Å². The first-order valence-electron chi connectivity index (χ1n) is 22.1. The van der Waals surface area contributed by atoms with E-state index in [0.717, 1.165) is 56.4 Å². The largest absolute Gasteiger partial charge is 0.448 e. The third kappa shape index (κ3) is 14.4. The molecule has 0 saturated heterocycles. The van der Waals surface area contributed by atoms with E-state index < -0.39 is 0 Å². The summed E-state index contributed by atoms with van der Waals surface area (Å²) in [6.07, 6.45) is 34.5. The first-order valence-corrected chi connectivity index (χ1v) is 22.1. The number of hydrogen-bond acceptors (Lipinski definition) is 0. The number of nitrogens with one attached hydrogen (secondary N) is 1. The summed E-state index contributed by atoms with van der Waals surface area (Å²) in [7, 11) is 0. The van der Waals surface area contributed by atoms with Gasteiger partial charge < -0.3 is 5.84 Å². The smallest absolute Gasteiger partial charge is 0.215 e. The molecule has 0 bridgehead atoms. The van der Waals surface area contributed by atoms with Gasteiger partial charge in [0.2, 0.25) is 11.4 Å². The van der Waals surface area contributed by atoms with Crippen LogP contribution in [-0.4, -0.2) is 10.4 Å². The molecule has 1 aliphatic rings. The molecule has 2 heteroatoms. The zero-order valence-electron chi connectivity index (χ0n) is 34.4. The summed E-state index contributed by atoms with van der Waals surface area (Å²) in [5, 5.41) is 0. The molecule has 284 valence electrons. The summed E-state index contributed by atoms with van der Waals surface area (Å²) in [4.78, 5) is 0. The minimum atomic E-state index is 1.04. The Morgan fingerprint density at radius 3 is 1.22 bits per heavy atom. The van der Waals surface area contributed by atoms with Crippen LogP contribution in [0.3, 0.4) is 0 Å². The summed E-state index contributed by atoms with van der Waals surface area (Å²) in [5.41, 5.74) is 13.5. The molecule has 51 heavy (non-hydrogen) atoms. The van der Waals surface area contributed by atoms with E-state index in [2.05, 4.69) is 84.0 Å². The Morgan fingerprint density at radius 2 is 0.824 bits per heavy atom. The summed E-state index contributed by atoms with van der Waals surface area (Å²) >= 11 is 0. The van der Waals surface area contributed by atoms with Crippen LogP contribution in [0.4, 0.5) is 0 Å². The van der Waals surface area contributed by atoms with Crippen molar-refractivity contribution in [3.63, 3.8) is 0 Å². The first-order chi connectivity index (χ1) is 25.0. The highest BCUT2D eigenvalue weighted by Gasteiger charge is 2.35. The Hall–Kier alpha value is -2.61. The summed E-state index contributed by atoms with van der Waals surface area (Å²) in [5.74, 6) is 10.0. The van der Waals surface area contributed by atoms with Crippen molar-refractivity contribution in [1.29, 1.82) is 0 Å². The molecule has 0 spiro atoms. The molecular weight excluding hydrogens is 617 g/mol. The predicted molar refractivity (Wildman–Crippen MR) is 227 cm³/mol. The van der Waals surface area contributed by atoms with Crippen LogP contribution in [0.5, 0.6) is 0 Å². The molecule has 2 nitrogen and oxygen atoms in total. The lowest BCUT2D eigenvalue weighted by molar-refractivity contribution is -0.347. The van der Waals surface area contributed by atoms with Gasteiger partial charge in [-0.3, -0.25) is 0 Å². The molecule has 2 aromatic rings. The monoisotopic (exact) mass is 695 g/mol. The van der Waals surface area contributed by atoms with E-state index in [1.807, 2.05) is 4.68 Å². The molecule has 0 amide bonds. The van der Waals surface area contributed by atoms with Crippen LogP contribution in [0.1, 0.15) is 216 Å². The van der Waals surface area contributed by atoms with Gasteiger partial charge in [0, 0.05) is 16.7 Å². The maximum Gasteiger partial charge on any atom is 0.215 e. The maximum atomic E-state index is 10.0. The lowest BCUT2D eigenvalue weighted by atomic mass is 9.88. The zero-order chi connectivity index (χ0) is 36.7. The van der Waals surface area contributed by atoms with Crippen LogP contribution >= 0.6 is 0 Å². The Morgan fingerprint density at radius 1 is 0.431 bits per heavy atom. The van der Waals surface area contributed by atoms with E-state index in [-0.39, 0.29) is 0 Å². The minimum absolute atomic E-state index is 1.04. The maximum absolute atomic E-state index is 10.0. The fourth-order valence-electron chi connectivity index (χ4n) is 7.90. The molecule has 0 aliphatic carbocycles. The Bertz CT molecular complexity index is 1310. The molecule has 1 N–H and O–H groups in total. The highest BCUT2D eigenvalue weighted by molar-refractivity contribution is 6.16. The lowest BCUT2D eigenvalue weighted by Crippen LogP contribution is -2.13. The quantitative estimate of drug-likeness (QED) is 0.0626. The number of rotatable bonds is 28. The Labute approximate surface area is 316 Å². The summed E-state index contributed by atoms with van der Waals surface area (Å²) < 4.78 is 1.90. The minimum Gasteiger partial charge on any atom is -0.448 e. The molecule has 1 heterocycles. The molecule has 0 atom stereocenters. The van der Waals surface area contributed by atoms with Gasteiger partial charge >= 0.3 is 0 Å². The van der Waals surface area contributed by atoms with E-state index >= 15 is 0 Å². The number of unbranched alkanes of at least 4 members (excludes halogenated alkanes) is 15. The van der Waals surface area contributed by atoms with Crippen molar-refractivity contribution in [2.75, 3.05) is 0 Å². The zero-order valence-corrected chi connectivity index (χ0v) is 34.4. The molecule has 0 radical (unpaired) electrons. The lowest BCUT2D eigenvalue weighted by Gasteiger charge is -2.14. The number of hydrogen-bond donors (Lipinski definition) is 0. The number of aryl methyl sites for hydroxylation is 4. The van der Waals surface area contributed by atoms with E-state index in [1.54, 1.807) is 0 Å². The van der Waals surface area contributed by atoms with Gasteiger partial charge in [-0.2, -0.15) is 0 Å². The summed E-state index contributed by atoms with van der Waals surface area (Å²) in [6, 6.07) is 14.9. The molecule has 3 rings (SSSR count). The van der Waals surface area contributed by atoms with Crippen LogP contribution in [0.2, 0.25) is 0 Å². The van der Waals surface area contributed by atoms with Gasteiger partial charge in [0.15, 0.2) is 0 Å². The second-order valence-corrected chi connectivity index (χ2v) is 15.7. The van der Waals surface area contributed by atoms with E-state index in [0.29, 0.717) is 0 Å². The second-order valence-electron chi connectivity index (χ2n) is 15.7. The van der Waals surface area contributed by atoms with Crippen LogP contribution in [-0.2, 0) is 25.7 Å². The Balaban J connectivity index is 2.20. The average molecular weight is 695 g/mol. The van der Waals surface area contributed by atoms with E-state index in [9.17, 15) is 5.84 Å². The molecule has 1 aliphatic heterocycles. The van der Waals surface area contributed by atoms with Crippen molar-refractivity contribution >= 4 is 11.4 Å². The predicted octanol–water partition coefficient (Wildman–Crippen LogP) is 15.7. The molecule has 0 saturated carbocycles. The van der Waals surface area contributed by atoms with E-state index in [4.69, 9.17) is 0 Å². The first kappa shape index (κ1) is 42.8. The molecule has 0 unspecified atom stereocenters. The van der Waals surface area contributed by atoms with Gasteiger partial charge in [-0.05, 0) is 117 Å². The highest BCUT2D eigenvalue weighted by atomic mass is 15.3. The van der Waals surface area contributed by atoms with Crippen LogP contribution in [0.25, 0.3) is 11.5 Å². The van der Waals surface area contributed by atoms with Gasteiger partial charge in [-0.1, -0.05) is 156 Å². The number of nitrogens with zero attached hydrogens (tertiary/aromatic N) is 1. The Kier molecular flexibility index (Phi) is 21.3. The van der Waals surface area contributed by atoms with Crippen molar-refractivity contribution in [2.45, 2.75) is 208 Å². The average Bonchev–Trinajstić information content (AvgIpc) is 3.41. The molecule has 0 aromatic heterocycles. The van der Waals surface area contributed by atoms with Crippen LogP contribution in [0, 0.1) is 0 Å². The summed E-state index contributed by atoms with van der Waals surface area (Å²) in [6.45, 7) is 13.8. The third-order valence-corrected chi connectivity index (χ3v) is 10.9. The van der Waals surface area contributed by atoms with Gasteiger partial charge in [0.1, 0.15) is 0 Å². The topological polar surface area (TPSA) is 26.8 Å². The normalized spacial score (nSPS) is 14.1. The molecule has 2 aromatic carbocycles. The van der Waals surface area contributed by atoms with E-state index in [1.165, 1.54) is 167 Å². The SMILES string of the molecule is CCCCC=C1C(CCCC)=C(c2cc(CCCCCC)cc(CCCCCC)c2)[N+]([NH-])=C1c1cc(CCCCCC)cc(CCCCCC)c1. The van der Waals surface area contributed by atoms with Crippen molar-refractivity contribution in [1.82, 2.24) is 0 Å². The highest BCUT2D eigenvalue weighted by Crippen LogP contribution is 2.39. The van der Waals surface area contributed by atoms with Gasteiger partial charge in [-0.15, -0.1) is 0 Å². The third-order valence-electron chi connectivity index (χ3n) is 10.9. The van der Waals surface area contributed by atoms with Gasteiger partial charge in [0.25, 0.3) is 0 Å². The van der Waals surface area contributed by atoms with Crippen molar-refractivity contribution < 1.29 is 4.68 Å². The van der Waals surface area contributed by atoms with Crippen molar-refractivity contribution in [3.05, 3.63) is 92.8 Å². The number of benzene rings is 2. The van der Waals surface area contributed by atoms with Crippen LogP contribution in [0.15, 0.2) is 53.6 Å². The fourth-order valence-corrected chi connectivity index (χ4v) is 7.90. The second kappa shape index (κ2) is 25.4. The molecular formula is C49H78N2. The van der Waals surface area contributed by atoms with Crippen molar-refractivity contribution in [3.8, 4) is 0 Å². The fraction of sp³-hybridized carbons (Fsp3) is 0.653.